The summed E-state index contributed by atoms with van der Waals surface area (Å²) in [6, 6.07) is 13.6. The van der Waals surface area contributed by atoms with Crippen molar-refractivity contribution in [3.8, 4) is 11.5 Å². The third-order valence-electron chi connectivity index (χ3n) is 4.16. The second kappa shape index (κ2) is 9.33. The molecule has 0 aliphatic rings. The van der Waals surface area contributed by atoms with E-state index in [0.717, 1.165) is 5.56 Å². The molecule has 5 nitrogen and oxygen atoms in total. The number of ether oxygens (including phenoxy) is 1. The minimum Gasteiger partial charge on any atom is -0.466 e. The first kappa shape index (κ1) is 23.5. The molecule has 0 saturated carbocycles. The van der Waals surface area contributed by atoms with E-state index in [-0.39, 0.29) is 17.0 Å². The average molecular weight is 442 g/mol. The molecule has 0 N–H and O–H groups in total. The first-order valence-electron chi connectivity index (χ1n) is 9.43. The molecule has 0 saturated heterocycles. The van der Waals surface area contributed by atoms with Crippen molar-refractivity contribution < 1.29 is 17.9 Å². The number of nitrogens with zero attached hydrogens (tertiary/aromatic N) is 1. The number of methoxy groups -OCH3 is 1. The van der Waals surface area contributed by atoms with Gasteiger partial charge in [0.05, 0.1) is 29.8 Å². The zero-order valence-electron chi connectivity index (χ0n) is 18.0. The summed E-state index contributed by atoms with van der Waals surface area (Å²) >= 11 is 0. The average Bonchev–Trinajstić information content (AvgIpc) is 2.69. The monoisotopic (exact) mass is 441 g/mol. The lowest BCUT2D eigenvalue weighted by Crippen LogP contribution is -2.35. The maximum atomic E-state index is 13.5. The second-order valence-electron chi connectivity index (χ2n) is 7.94. The summed E-state index contributed by atoms with van der Waals surface area (Å²) in [5, 5.41) is 0. The van der Waals surface area contributed by atoms with Crippen LogP contribution in [0.4, 0.5) is 5.69 Å². The van der Waals surface area contributed by atoms with E-state index in [9.17, 15) is 13.2 Å². The predicted molar refractivity (Wildman–Crippen MR) is 124 cm³/mol. The van der Waals surface area contributed by atoms with Gasteiger partial charge in [-0.25, -0.2) is 13.2 Å². The van der Waals surface area contributed by atoms with Crippen molar-refractivity contribution in [3.63, 3.8) is 0 Å². The van der Waals surface area contributed by atoms with Crippen molar-refractivity contribution in [2.45, 2.75) is 31.5 Å². The van der Waals surface area contributed by atoms with Crippen molar-refractivity contribution in [2.75, 3.05) is 18.0 Å². The number of carbonyl (C=O) groups excluding carboxylic acids is 1. The predicted octanol–water partition coefficient (Wildman–Crippen LogP) is 4.15. The number of aryl methyl sites for hydroxylation is 1. The Morgan fingerprint density at radius 2 is 1.70 bits per heavy atom. The third-order valence-corrected chi connectivity index (χ3v) is 6.81. The Hall–Kier alpha value is -2.82. The van der Waals surface area contributed by atoms with Gasteiger partial charge in [-0.05, 0) is 31.2 Å². The maximum absolute atomic E-state index is 13.5. The van der Waals surface area contributed by atoms with Gasteiger partial charge < -0.3 is 4.74 Å². The molecular formula is C23H27NO4SSi. The molecule has 0 radical (unpaired) electrons. The number of anilines is 1. The van der Waals surface area contributed by atoms with Crippen LogP contribution in [0.25, 0.3) is 0 Å². The molecule has 2 rings (SSSR count). The Kier molecular flexibility index (Phi) is 7.29. The first-order valence-corrected chi connectivity index (χ1v) is 14.4. The quantitative estimate of drug-likeness (QED) is 0.292. The van der Waals surface area contributed by atoms with Crippen LogP contribution in [0.15, 0.2) is 65.6 Å². The summed E-state index contributed by atoms with van der Waals surface area (Å²) in [6.45, 7) is 11.7. The normalized spacial score (nSPS) is 11.2. The summed E-state index contributed by atoms with van der Waals surface area (Å²) in [5.74, 6) is 2.48. The Morgan fingerprint density at radius 3 is 2.27 bits per heavy atom. The maximum Gasteiger partial charge on any atom is 0.334 e. The van der Waals surface area contributed by atoms with Gasteiger partial charge in [-0.15, -0.1) is 5.54 Å². The highest BCUT2D eigenvalue weighted by Crippen LogP contribution is 2.28. The molecule has 0 atom stereocenters. The smallest absolute Gasteiger partial charge is 0.334 e. The summed E-state index contributed by atoms with van der Waals surface area (Å²) in [5.41, 5.74) is 5.22. The van der Waals surface area contributed by atoms with E-state index in [0.29, 0.717) is 11.3 Å². The van der Waals surface area contributed by atoms with Gasteiger partial charge in [-0.3, -0.25) is 4.31 Å². The van der Waals surface area contributed by atoms with Crippen molar-refractivity contribution in [1.82, 2.24) is 0 Å². The summed E-state index contributed by atoms with van der Waals surface area (Å²) in [6.07, 6.45) is 0. The summed E-state index contributed by atoms with van der Waals surface area (Å²) in [7, 11) is -4.43. The summed E-state index contributed by atoms with van der Waals surface area (Å²) in [4.78, 5) is 12.1. The number of para-hydroxylation sites is 1. The summed E-state index contributed by atoms with van der Waals surface area (Å²) < 4.78 is 33.0. The lowest BCUT2D eigenvalue weighted by atomic mass is 10.2. The SMILES string of the molecule is C=C(CN(c1ccccc1C#C[Si](C)(C)C)S(=O)(=O)c1ccc(C)cc1)C(=O)OC. The number of carbonyl (C=O) groups is 1. The van der Waals surface area contributed by atoms with Crippen LogP contribution in [0.1, 0.15) is 11.1 Å². The van der Waals surface area contributed by atoms with Crippen LogP contribution in [0.5, 0.6) is 0 Å². The third kappa shape index (κ3) is 5.85. The molecule has 0 aliphatic heterocycles. The van der Waals surface area contributed by atoms with Crippen LogP contribution in [0.3, 0.4) is 0 Å². The zero-order chi connectivity index (χ0) is 22.5. The van der Waals surface area contributed by atoms with E-state index >= 15 is 0 Å². The Labute approximate surface area is 180 Å². The molecule has 30 heavy (non-hydrogen) atoms. The van der Waals surface area contributed by atoms with Crippen LogP contribution in [0, 0.1) is 18.4 Å². The van der Waals surface area contributed by atoms with Crippen molar-refractivity contribution in [3.05, 3.63) is 71.8 Å². The molecule has 0 heterocycles. The fraction of sp³-hybridized carbons (Fsp3) is 0.261. The zero-order valence-corrected chi connectivity index (χ0v) is 19.8. The molecule has 7 heteroatoms. The van der Waals surface area contributed by atoms with Crippen LogP contribution in [-0.4, -0.2) is 36.1 Å². The van der Waals surface area contributed by atoms with Crippen molar-refractivity contribution in [1.29, 1.82) is 0 Å². The van der Waals surface area contributed by atoms with Gasteiger partial charge in [0.15, 0.2) is 0 Å². The van der Waals surface area contributed by atoms with Gasteiger partial charge in [0.25, 0.3) is 10.0 Å². The molecule has 158 valence electrons. The Bertz CT molecular complexity index is 1100. The van der Waals surface area contributed by atoms with E-state index < -0.39 is 24.1 Å². The molecule has 0 unspecified atom stereocenters. The lowest BCUT2D eigenvalue weighted by Gasteiger charge is -2.26. The highest BCUT2D eigenvalue weighted by Gasteiger charge is 2.28. The molecule has 2 aromatic carbocycles. The fourth-order valence-electron chi connectivity index (χ4n) is 2.57. The topological polar surface area (TPSA) is 63.7 Å². The molecular weight excluding hydrogens is 414 g/mol. The Morgan fingerprint density at radius 1 is 1.10 bits per heavy atom. The molecule has 0 spiro atoms. The van der Waals surface area contributed by atoms with E-state index in [1.54, 1.807) is 42.5 Å². The number of rotatable bonds is 6. The number of hydrogen-bond acceptors (Lipinski definition) is 4. The number of benzene rings is 2. The van der Waals surface area contributed by atoms with E-state index in [1.165, 1.54) is 11.4 Å². The molecule has 0 aromatic heterocycles. The number of hydrogen-bond donors (Lipinski definition) is 0. The highest BCUT2D eigenvalue weighted by atomic mass is 32.2. The van der Waals surface area contributed by atoms with E-state index in [4.69, 9.17) is 4.74 Å². The van der Waals surface area contributed by atoms with Gasteiger partial charge in [0.1, 0.15) is 8.07 Å². The van der Waals surface area contributed by atoms with E-state index in [1.807, 2.05) is 13.0 Å². The van der Waals surface area contributed by atoms with Gasteiger partial charge >= 0.3 is 5.97 Å². The van der Waals surface area contributed by atoms with E-state index in [2.05, 4.69) is 37.7 Å². The van der Waals surface area contributed by atoms with Crippen molar-refractivity contribution >= 4 is 29.8 Å². The van der Waals surface area contributed by atoms with Crippen LogP contribution in [0.2, 0.25) is 19.6 Å². The first-order chi connectivity index (χ1) is 14.0. The minimum absolute atomic E-state index is 0.0288. The van der Waals surface area contributed by atoms with Gasteiger partial charge in [-0.2, -0.15) is 0 Å². The minimum atomic E-state index is -3.98. The van der Waals surface area contributed by atoms with Crippen LogP contribution in [-0.2, 0) is 19.6 Å². The largest absolute Gasteiger partial charge is 0.466 e. The molecule has 2 aromatic rings. The lowest BCUT2D eigenvalue weighted by molar-refractivity contribution is -0.136. The van der Waals surface area contributed by atoms with Gasteiger partial charge in [0.2, 0.25) is 0 Å². The molecule has 0 aliphatic carbocycles. The fourth-order valence-corrected chi connectivity index (χ4v) is 4.56. The standard InChI is InChI=1S/C23H27NO4SSi/c1-18-11-13-21(14-12-18)29(26,27)24(17-19(2)23(25)28-3)22-10-8-7-9-20(22)15-16-30(4,5)6/h7-14H,2,17H2,1,3-6H3. The van der Waals surface area contributed by atoms with Crippen LogP contribution >= 0.6 is 0 Å². The van der Waals surface area contributed by atoms with Crippen molar-refractivity contribution in [2.24, 2.45) is 0 Å². The van der Waals surface area contributed by atoms with Gasteiger partial charge in [-0.1, -0.05) is 62.0 Å². The van der Waals surface area contributed by atoms with Crippen LogP contribution < -0.4 is 4.31 Å². The number of esters is 1. The molecule has 0 amide bonds. The second-order valence-corrected chi connectivity index (χ2v) is 14.5. The van der Waals surface area contributed by atoms with Gasteiger partial charge in [0, 0.05) is 5.56 Å². The Balaban J connectivity index is 2.66. The molecule has 0 bridgehead atoms. The molecule has 0 fully saturated rings. The highest BCUT2D eigenvalue weighted by molar-refractivity contribution is 7.92. The number of sulfonamides is 1.